The van der Waals surface area contributed by atoms with Crippen molar-refractivity contribution in [3.05, 3.63) is 11.8 Å². The Kier molecular flexibility index (Phi) is 4.30. The number of aromatic nitrogens is 1. The molecule has 0 aromatic carbocycles. The van der Waals surface area contributed by atoms with E-state index in [-0.39, 0.29) is 5.91 Å². The summed E-state index contributed by atoms with van der Waals surface area (Å²) in [7, 11) is 0. The number of nitrogens with two attached hydrogens (primary N) is 1. The third-order valence-corrected chi connectivity index (χ3v) is 2.25. The highest BCUT2D eigenvalue weighted by Gasteiger charge is 2.09. The first kappa shape index (κ1) is 11.7. The van der Waals surface area contributed by atoms with Crippen molar-refractivity contribution in [3.8, 4) is 0 Å². The molecular weight excluding hydrogens is 194 g/mol. The van der Waals surface area contributed by atoms with E-state index < -0.39 is 0 Å². The smallest absolute Gasteiger partial charge is 0.280 e. The van der Waals surface area contributed by atoms with E-state index in [0.717, 1.165) is 6.42 Å². The van der Waals surface area contributed by atoms with E-state index in [9.17, 15) is 4.79 Å². The minimum Gasteiger partial charge on any atom is -0.360 e. The number of rotatable bonds is 5. The van der Waals surface area contributed by atoms with Gasteiger partial charge in [-0.2, -0.15) is 0 Å². The van der Waals surface area contributed by atoms with Crippen molar-refractivity contribution in [1.82, 2.24) is 5.16 Å². The molecule has 5 nitrogen and oxygen atoms in total. The SMILES string of the molecule is CC[C@@H](C)[NH2+]CC(=O)Nc1cc(C)on1. The fourth-order valence-electron chi connectivity index (χ4n) is 1.09. The average Bonchev–Trinajstić information content (AvgIpc) is 2.60. The quantitative estimate of drug-likeness (QED) is 0.736. The largest absolute Gasteiger partial charge is 0.360 e. The van der Waals surface area contributed by atoms with Gasteiger partial charge in [-0.1, -0.05) is 12.1 Å². The summed E-state index contributed by atoms with van der Waals surface area (Å²) in [5.41, 5.74) is 0. The molecule has 0 fully saturated rings. The van der Waals surface area contributed by atoms with E-state index >= 15 is 0 Å². The first-order valence-corrected chi connectivity index (χ1v) is 5.18. The summed E-state index contributed by atoms with van der Waals surface area (Å²) in [6.07, 6.45) is 1.05. The number of nitrogens with one attached hydrogen (secondary N) is 1. The Hall–Kier alpha value is -1.36. The molecule has 1 aromatic rings. The van der Waals surface area contributed by atoms with E-state index in [1.54, 1.807) is 13.0 Å². The van der Waals surface area contributed by atoms with Crippen molar-refractivity contribution in [2.75, 3.05) is 11.9 Å². The maximum atomic E-state index is 11.4. The van der Waals surface area contributed by atoms with Gasteiger partial charge in [0.25, 0.3) is 5.91 Å². The number of anilines is 1. The standard InChI is InChI=1S/C10H17N3O2/c1-4-7(2)11-6-10(14)12-9-5-8(3)15-13-9/h5,7,11H,4,6H2,1-3H3,(H,12,13,14)/p+1/t7-/m1/s1. The topological polar surface area (TPSA) is 71.7 Å². The highest BCUT2D eigenvalue weighted by atomic mass is 16.5. The lowest BCUT2D eigenvalue weighted by atomic mass is 10.2. The maximum Gasteiger partial charge on any atom is 0.280 e. The summed E-state index contributed by atoms with van der Waals surface area (Å²) in [5.74, 6) is 1.12. The molecule has 0 radical (unpaired) electrons. The molecule has 15 heavy (non-hydrogen) atoms. The molecule has 84 valence electrons. The molecule has 0 bridgehead atoms. The van der Waals surface area contributed by atoms with Crippen LogP contribution in [0.1, 0.15) is 26.0 Å². The van der Waals surface area contributed by atoms with Gasteiger partial charge in [-0.05, 0) is 20.3 Å². The second kappa shape index (κ2) is 5.50. The van der Waals surface area contributed by atoms with Crippen molar-refractivity contribution in [2.45, 2.75) is 33.2 Å². The van der Waals surface area contributed by atoms with E-state index in [1.165, 1.54) is 0 Å². The number of amides is 1. The zero-order chi connectivity index (χ0) is 11.3. The normalized spacial score (nSPS) is 12.5. The molecule has 0 aliphatic carbocycles. The Morgan fingerprint density at radius 2 is 2.47 bits per heavy atom. The lowest BCUT2D eigenvalue weighted by Crippen LogP contribution is -2.90. The van der Waals surface area contributed by atoms with Gasteiger partial charge >= 0.3 is 0 Å². The van der Waals surface area contributed by atoms with E-state index in [0.29, 0.717) is 24.2 Å². The molecule has 1 aromatic heterocycles. The van der Waals surface area contributed by atoms with Crippen LogP contribution in [0.25, 0.3) is 0 Å². The van der Waals surface area contributed by atoms with E-state index in [2.05, 4.69) is 24.3 Å². The van der Waals surface area contributed by atoms with Crippen LogP contribution in [0.15, 0.2) is 10.6 Å². The first-order valence-electron chi connectivity index (χ1n) is 5.18. The van der Waals surface area contributed by atoms with E-state index in [1.807, 2.05) is 5.32 Å². The molecule has 1 rings (SSSR count). The van der Waals surface area contributed by atoms with Crippen LogP contribution in [0.3, 0.4) is 0 Å². The second-order valence-corrected chi connectivity index (χ2v) is 3.70. The lowest BCUT2D eigenvalue weighted by molar-refractivity contribution is -0.675. The van der Waals surface area contributed by atoms with Gasteiger partial charge in [-0.15, -0.1) is 0 Å². The number of hydrogen-bond acceptors (Lipinski definition) is 3. The number of carbonyl (C=O) groups is 1. The Morgan fingerprint density at radius 1 is 1.73 bits per heavy atom. The van der Waals surface area contributed by atoms with Gasteiger partial charge in [0, 0.05) is 6.07 Å². The average molecular weight is 212 g/mol. The molecule has 3 N–H and O–H groups in total. The van der Waals surface area contributed by atoms with Crippen molar-refractivity contribution >= 4 is 11.7 Å². The van der Waals surface area contributed by atoms with Crippen molar-refractivity contribution < 1.29 is 14.6 Å². The van der Waals surface area contributed by atoms with Gasteiger partial charge in [0.1, 0.15) is 5.76 Å². The van der Waals surface area contributed by atoms with Gasteiger partial charge in [-0.3, -0.25) is 4.79 Å². The van der Waals surface area contributed by atoms with Crippen LogP contribution in [0.4, 0.5) is 5.82 Å². The fourth-order valence-corrected chi connectivity index (χ4v) is 1.09. The third kappa shape index (κ3) is 4.12. The number of carbonyl (C=O) groups excluding carboxylic acids is 1. The summed E-state index contributed by atoms with van der Waals surface area (Å²) in [6.45, 7) is 6.39. The summed E-state index contributed by atoms with van der Waals surface area (Å²) in [5, 5.41) is 8.35. The Labute approximate surface area is 89.2 Å². The van der Waals surface area contributed by atoms with Crippen LogP contribution < -0.4 is 10.6 Å². The van der Waals surface area contributed by atoms with Crippen LogP contribution in [-0.4, -0.2) is 23.7 Å². The highest BCUT2D eigenvalue weighted by Crippen LogP contribution is 2.05. The van der Waals surface area contributed by atoms with Crippen LogP contribution in [0.2, 0.25) is 0 Å². The molecule has 0 aliphatic rings. The van der Waals surface area contributed by atoms with Crippen molar-refractivity contribution in [3.63, 3.8) is 0 Å². The monoisotopic (exact) mass is 212 g/mol. The third-order valence-electron chi connectivity index (χ3n) is 2.25. The molecular formula is C10H18N3O2+. The molecule has 0 unspecified atom stereocenters. The number of aryl methyl sites for hydroxylation is 1. The van der Waals surface area contributed by atoms with Gasteiger partial charge in [0.05, 0.1) is 6.04 Å². The van der Waals surface area contributed by atoms with Crippen LogP contribution in [0.5, 0.6) is 0 Å². The zero-order valence-electron chi connectivity index (χ0n) is 9.41. The van der Waals surface area contributed by atoms with Crippen molar-refractivity contribution in [1.29, 1.82) is 0 Å². The molecule has 1 heterocycles. The Morgan fingerprint density at radius 3 is 3.00 bits per heavy atom. The highest BCUT2D eigenvalue weighted by molar-refractivity contribution is 5.90. The van der Waals surface area contributed by atoms with Crippen LogP contribution in [-0.2, 0) is 4.79 Å². The molecule has 1 atom stereocenters. The molecule has 0 saturated heterocycles. The number of hydrogen-bond donors (Lipinski definition) is 2. The molecule has 1 amide bonds. The predicted molar refractivity (Wildman–Crippen MR) is 56.4 cm³/mol. The van der Waals surface area contributed by atoms with Crippen LogP contribution in [0, 0.1) is 6.92 Å². The second-order valence-electron chi connectivity index (χ2n) is 3.70. The number of quaternary nitrogens is 1. The van der Waals surface area contributed by atoms with Crippen LogP contribution >= 0.6 is 0 Å². The summed E-state index contributed by atoms with van der Waals surface area (Å²) < 4.78 is 4.84. The number of nitrogens with zero attached hydrogens (tertiary/aromatic N) is 1. The lowest BCUT2D eigenvalue weighted by Gasteiger charge is -2.06. The van der Waals surface area contributed by atoms with Gasteiger partial charge in [-0.25, -0.2) is 0 Å². The zero-order valence-corrected chi connectivity index (χ0v) is 9.41. The molecule has 0 spiro atoms. The summed E-state index contributed by atoms with van der Waals surface area (Å²) >= 11 is 0. The predicted octanol–water partition coefficient (Wildman–Crippen LogP) is 0.283. The minimum atomic E-state index is -0.0522. The first-order chi connectivity index (χ1) is 7.11. The van der Waals surface area contributed by atoms with E-state index in [4.69, 9.17) is 4.52 Å². The van der Waals surface area contributed by atoms with Crippen molar-refractivity contribution in [2.24, 2.45) is 0 Å². The van der Waals surface area contributed by atoms with Gasteiger partial charge < -0.3 is 15.2 Å². The fraction of sp³-hybridized carbons (Fsp3) is 0.600. The molecule has 5 heteroatoms. The summed E-state index contributed by atoms with van der Waals surface area (Å²) in [6, 6.07) is 2.16. The maximum absolute atomic E-state index is 11.4. The Bertz CT molecular complexity index is 322. The molecule has 0 saturated carbocycles. The Balaban J connectivity index is 2.30. The van der Waals surface area contributed by atoms with Gasteiger partial charge in [0.15, 0.2) is 12.4 Å². The minimum absolute atomic E-state index is 0.0522. The van der Waals surface area contributed by atoms with Gasteiger partial charge in [0.2, 0.25) is 0 Å². The molecule has 0 aliphatic heterocycles. The summed E-state index contributed by atoms with van der Waals surface area (Å²) in [4.78, 5) is 11.4.